The fourth-order valence-electron chi connectivity index (χ4n) is 3.37. The third kappa shape index (κ3) is 4.11. The molecule has 142 valence electrons. The van der Waals surface area contributed by atoms with E-state index >= 15 is 0 Å². The van der Waals surface area contributed by atoms with Gasteiger partial charge in [-0.2, -0.15) is 0 Å². The Morgan fingerprint density at radius 3 is 2.61 bits per heavy atom. The van der Waals surface area contributed by atoms with E-state index in [9.17, 15) is 4.79 Å². The number of carbonyl (C=O) groups excluding carboxylic acids is 1. The standard InChI is InChI=1S/C22H21N3O3/c1-2-27-22(26)17-8-5-9-19(12-17)28-21-13-20(23-14-24-21)25-18-10-15-6-3-4-7-16(15)11-18/h3-9,12-14,18H,2,10-11H2,1H3,(H,23,24,25). The number of aromatic nitrogens is 2. The summed E-state index contributed by atoms with van der Waals surface area (Å²) in [7, 11) is 0. The third-order valence-electron chi connectivity index (χ3n) is 4.61. The van der Waals surface area contributed by atoms with Gasteiger partial charge in [-0.3, -0.25) is 0 Å². The van der Waals surface area contributed by atoms with Gasteiger partial charge in [0.1, 0.15) is 17.9 Å². The lowest BCUT2D eigenvalue weighted by atomic mass is 10.1. The summed E-state index contributed by atoms with van der Waals surface area (Å²) in [6.07, 6.45) is 3.41. The van der Waals surface area contributed by atoms with Crippen LogP contribution in [0.4, 0.5) is 5.82 Å². The molecule has 0 bridgehead atoms. The van der Waals surface area contributed by atoms with Crippen LogP contribution in [0.3, 0.4) is 0 Å². The van der Waals surface area contributed by atoms with Gasteiger partial charge in [0.2, 0.25) is 5.88 Å². The van der Waals surface area contributed by atoms with Crippen LogP contribution in [0.2, 0.25) is 0 Å². The molecule has 0 saturated carbocycles. The molecular formula is C22H21N3O3. The molecule has 6 nitrogen and oxygen atoms in total. The first-order valence-electron chi connectivity index (χ1n) is 9.31. The van der Waals surface area contributed by atoms with E-state index in [0.29, 0.717) is 35.7 Å². The number of rotatable bonds is 6. The van der Waals surface area contributed by atoms with E-state index in [4.69, 9.17) is 9.47 Å². The van der Waals surface area contributed by atoms with E-state index in [1.165, 1.54) is 17.5 Å². The van der Waals surface area contributed by atoms with Crippen LogP contribution in [0, 0.1) is 0 Å². The van der Waals surface area contributed by atoms with Crippen LogP contribution >= 0.6 is 0 Å². The third-order valence-corrected chi connectivity index (χ3v) is 4.61. The first-order chi connectivity index (χ1) is 13.7. The number of nitrogens with zero attached hydrogens (tertiary/aromatic N) is 2. The monoisotopic (exact) mass is 375 g/mol. The van der Waals surface area contributed by atoms with Gasteiger partial charge < -0.3 is 14.8 Å². The molecule has 0 aliphatic heterocycles. The molecule has 1 heterocycles. The van der Waals surface area contributed by atoms with Crippen molar-refractivity contribution in [2.24, 2.45) is 0 Å². The summed E-state index contributed by atoms with van der Waals surface area (Å²) in [5.41, 5.74) is 3.19. The van der Waals surface area contributed by atoms with E-state index in [2.05, 4.69) is 39.6 Å². The second-order valence-corrected chi connectivity index (χ2v) is 6.61. The summed E-state index contributed by atoms with van der Waals surface area (Å²) in [6, 6.07) is 17.4. The molecule has 3 aromatic rings. The van der Waals surface area contributed by atoms with Crippen LogP contribution < -0.4 is 10.1 Å². The predicted molar refractivity (Wildman–Crippen MR) is 106 cm³/mol. The number of benzene rings is 2. The maximum atomic E-state index is 11.9. The fourth-order valence-corrected chi connectivity index (χ4v) is 3.37. The van der Waals surface area contributed by atoms with E-state index in [-0.39, 0.29) is 5.97 Å². The maximum absolute atomic E-state index is 11.9. The molecule has 1 aliphatic rings. The van der Waals surface area contributed by atoms with Crippen molar-refractivity contribution in [2.45, 2.75) is 25.8 Å². The number of hydrogen-bond acceptors (Lipinski definition) is 6. The van der Waals surface area contributed by atoms with E-state index in [1.807, 2.05) is 0 Å². The molecule has 4 rings (SSSR count). The molecule has 1 aliphatic carbocycles. The van der Waals surface area contributed by atoms with E-state index in [1.54, 1.807) is 37.3 Å². The van der Waals surface area contributed by atoms with Crippen molar-refractivity contribution in [2.75, 3.05) is 11.9 Å². The summed E-state index contributed by atoms with van der Waals surface area (Å²) < 4.78 is 10.8. The number of fused-ring (bicyclic) bond motifs is 1. The summed E-state index contributed by atoms with van der Waals surface area (Å²) in [6.45, 7) is 2.10. The highest BCUT2D eigenvalue weighted by Crippen LogP contribution is 2.26. The van der Waals surface area contributed by atoms with Crippen molar-refractivity contribution < 1.29 is 14.3 Å². The topological polar surface area (TPSA) is 73.3 Å². The first-order valence-corrected chi connectivity index (χ1v) is 9.31. The number of esters is 1. The first kappa shape index (κ1) is 18.0. The average Bonchev–Trinajstić information content (AvgIpc) is 3.11. The highest BCUT2D eigenvalue weighted by molar-refractivity contribution is 5.89. The molecule has 2 aromatic carbocycles. The number of anilines is 1. The highest BCUT2D eigenvalue weighted by atomic mass is 16.5. The SMILES string of the molecule is CCOC(=O)c1cccc(Oc2cc(NC3Cc4ccccc4C3)ncn2)c1. The minimum atomic E-state index is -0.376. The van der Waals surface area contributed by atoms with Crippen molar-refractivity contribution >= 4 is 11.8 Å². The Hall–Kier alpha value is -3.41. The van der Waals surface area contributed by atoms with Gasteiger partial charge >= 0.3 is 5.97 Å². The molecule has 0 atom stereocenters. The number of hydrogen-bond donors (Lipinski definition) is 1. The van der Waals surface area contributed by atoms with Crippen LogP contribution in [-0.4, -0.2) is 28.6 Å². The molecule has 28 heavy (non-hydrogen) atoms. The molecule has 0 fully saturated rings. The van der Waals surface area contributed by atoms with Crippen LogP contribution in [0.15, 0.2) is 60.9 Å². The van der Waals surface area contributed by atoms with Crippen molar-refractivity contribution in [3.05, 3.63) is 77.6 Å². The Balaban J connectivity index is 1.43. The Kier molecular flexibility index (Phi) is 5.19. The van der Waals surface area contributed by atoms with Crippen molar-refractivity contribution in [1.82, 2.24) is 9.97 Å². The second kappa shape index (κ2) is 8.08. The summed E-state index contributed by atoms with van der Waals surface area (Å²) >= 11 is 0. The second-order valence-electron chi connectivity index (χ2n) is 6.61. The molecule has 0 spiro atoms. The van der Waals surface area contributed by atoms with Gasteiger partial charge in [-0.1, -0.05) is 30.3 Å². The van der Waals surface area contributed by atoms with Crippen molar-refractivity contribution in [3.63, 3.8) is 0 Å². The zero-order chi connectivity index (χ0) is 19.3. The number of ether oxygens (including phenoxy) is 2. The van der Waals surface area contributed by atoms with Crippen LogP contribution in [0.5, 0.6) is 11.6 Å². The van der Waals surface area contributed by atoms with Gasteiger partial charge in [-0.15, -0.1) is 0 Å². The Morgan fingerprint density at radius 1 is 1.07 bits per heavy atom. The average molecular weight is 375 g/mol. The Bertz CT molecular complexity index is 965. The van der Waals surface area contributed by atoms with E-state index < -0.39 is 0 Å². The zero-order valence-corrected chi connectivity index (χ0v) is 15.6. The normalized spacial score (nSPS) is 13.0. The summed E-state index contributed by atoms with van der Waals surface area (Å²) in [4.78, 5) is 20.3. The van der Waals surface area contributed by atoms with Crippen LogP contribution in [0.1, 0.15) is 28.4 Å². The Morgan fingerprint density at radius 2 is 1.86 bits per heavy atom. The molecule has 0 amide bonds. The lowest BCUT2D eigenvalue weighted by molar-refractivity contribution is 0.0526. The molecule has 6 heteroatoms. The lowest BCUT2D eigenvalue weighted by Gasteiger charge is -2.13. The van der Waals surface area contributed by atoms with Crippen LogP contribution in [-0.2, 0) is 17.6 Å². The molecule has 1 aromatic heterocycles. The molecular weight excluding hydrogens is 354 g/mol. The van der Waals surface area contributed by atoms with Crippen LogP contribution in [0.25, 0.3) is 0 Å². The van der Waals surface area contributed by atoms with Gasteiger partial charge in [0, 0.05) is 12.1 Å². The molecule has 1 N–H and O–H groups in total. The van der Waals surface area contributed by atoms with Gasteiger partial charge in [0.15, 0.2) is 0 Å². The zero-order valence-electron chi connectivity index (χ0n) is 15.6. The van der Waals surface area contributed by atoms with E-state index in [0.717, 1.165) is 12.8 Å². The van der Waals surface area contributed by atoms with Gasteiger partial charge in [0.05, 0.1) is 12.2 Å². The summed E-state index contributed by atoms with van der Waals surface area (Å²) in [5, 5.41) is 3.46. The number of carbonyl (C=O) groups is 1. The largest absolute Gasteiger partial charge is 0.462 e. The van der Waals surface area contributed by atoms with Gasteiger partial charge in [-0.25, -0.2) is 14.8 Å². The predicted octanol–water partition coefficient (Wildman–Crippen LogP) is 4.02. The maximum Gasteiger partial charge on any atom is 0.338 e. The Labute approximate surface area is 163 Å². The van der Waals surface area contributed by atoms with Crippen molar-refractivity contribution in [3.8, 4) is 11.6 Å². The number of nitrogens with one attached hydrogen (secondary N) is 1. The molecule has 0 saturated heterocycles. The minimum Gasteiger partial charge on any atom is -0.462 e. The van der Waals surface area contributed by atoms with Crippen molar-refractivity contribution in [1.29, 1.82) is 0 Å². The molecule has 0 unspecified atom stereocenters. The molecule has 0 radical (unpaired) electrons. The minimum absolute atomic E-state index is 0.298. The summed E-state index contributed by atoms with van der Waals surface area (Å²) in [5.74, 6) is 1.26. The van der Waals surface area contributed by atoms with Gasteiger partial charge in [0.25, 0.3) is 0 Å². The fraction of sp³-hybridized carbons (Fsp3) is 0.227. The lowest BCUT2D eigenvalue weighted by Crippen LogP contribution is -2.20. The quantitative estimate of drug-likeness (QED) is 0.656. The van der Waals surface area contributed by atoms with Gasteiger partial charge in [-0.05, 0) is 49.1 Å². The highest BCUT2D eigenvalue weighted by Gasteiger charge is 2.21. The smallest absolute Gasteiger partial charge is 0.338 e.